The molecule has 1 heterocycles. The fourth-order valence-electron chi connectivity index (χ4n) is 4.39. The van der Waals surface area contributed by atoms with Crippen LogP contribution in [-0.2, 0) is 14.9 Å². The summed E-state index contributed by atoms with van der Waals surface area (Å²) in [5, 5.41) is 12.3. The topological polar surface area (TPSA) is 203 Å². The van der Waals surface area contributed by atoms with E-state index < -0.39 is 55.7 Å². The first-order valence-electron chi connectivity index (χ1n) is 12.3. The first kappa shape index (κ1) is 29.6. The first-order valence-corrected chi connectivity index (χ1v) is 13.8. The monoisotopic (exact) mass is 589 g/mol. The molecule has 216 valence electrons. The highest BCUT2D eigenvalue weighted by atomic mass is 32.2. The number of phenolic OH excluding ortho intramolecular Hbond substituents is 1. The number of hydrogen-bond donors (Lipinski definition) is 5. The molecule has 0 spiro atoms. The van der Waals surface area contributed by atoms with E-state index in [2.05, 4.69) is 5.32 Å². The van der Waals surface area contributed by atoms with Crippen molar-refractivity contribution in [2.45, 2.75) is 36.6 Å². The van der Waals surface area contributed by atoms with E-state index in [1.54, 1.807) is 0 Å². The number of nitrogens with two attached hydrogens (primary N) is 2. The van der Waals surface area contributed by atoms with Crippen molar-refractivity contribution in [2.75, 3.05) is 6.54 Å². The number of phenols is 1. The zero-order valence-electron chi connectivity index (χ0n) is 21.3. The molecule has 0 fully saturated rings. The largest absolute Gasteiger partial charge is 0.505 e. The highest BCUT2D eigenvalue weighted by Crippen LogP contribution is 2.43. The van der Waals surface area contributed by atoms with Crippen molar-refractivity contribution in [1.82, 2.24) is 5.32 Å². The molecular weight excluding hydrogens is 564 g/mol. The predicted molar refractivity (Wildman–Crippen MR) is 144 cm³/mol. The van der Waals surface area contributed by atoms with Gasteiger partial charge in [0.25, 0.3) is 16.0 Å². The van der Waals surface area contributed by atoms with Gasteiger partial charge in [0.05, 0.1) is 6.04 Å². The summed E-state index contributed by atoms with van der Waals surface area (Å²) in [7, 11) is -5.02. The van der Waals surface area contributed by atoms with Gasteiger partial charge in [-0.25, -0.2) is 8.78 Å². The molecule has 4 rings (SSSR count). The van der Waals surface area contributed by atoms with Crippen LogP contribution in [0.1, 0.15) is 36.0 Å². The second kappa shape index (κ2) is 11.6. The van der Waals surface area contributed by atoms with Crippen molar-refractivity contribution in [2.24, 2.45) is 11.5 Å². The second-order valence-electron chi connectivity index (χ2n) is 9.36. The molecule has 0 saturated carbocycles. The maximum atomic E-state index is 14.4. The SMILES string of the molecule is NC(=O)C(N)CCCCCNC(=O)c1ccc(-c2c3cc(F)c(=O)cc-3oc3cc(O)c(F)cc23)c(S(=O)(=O)O)c1. The number of hydrogen-bond acceptors (Lipinski definition) is 8. The average molecular weight is 590 g/mol. The Kier molecular flexibility index (Phi) is 8.37. The lowest BCUT2D eigenvalue weighted by Crippen LogP contribution is -2.36. The summed E-state index contributed by atoms with van der Waals surface area (Å²) >= 11 is 0. The van der Waals surface area contributed by atoms with Crippen molar-refractivity contribution < 1.29 is 40.9 Å². The van der Waals surface area contributed by atoms with E-state index in [-0.39, 0.29) is 45.5 Å². The molecule has 7 N–H and O–H groups in total. The van der Waals surface area contributed by atoms with Gasteiger partial charge in [0.15, 0.2) is 17.4 Å². The lowest BCUT2D eigenvalue weighted by molar-refractivity contribution is -0.119. The number of fused-ring (bicyclic) bond motifs is 2. The molecule has 41 heavy (non-hydrogen) atoms. The van der Waals surface area contributed by atoms with Gasteiger partial charge in [0.2, 0.25) is 11.3 Å². The van der Waals surface area contributed by atoms with Gasteiger partial charge < -0.3 is 26.3 Å². The number of carbonyl (C=O) groups is 2. The summed E-state index contributed by atoms with van der Waals surface area (Å²) in [6, 6.07) is 5.90. The molecule has 14 heteroatoms. The van der Waals surface area contributed by atoms with E-state index in [9.17, 15) is 41.2 Å². The maximum Gasteiger partial charge on any atom is 0.295 e. The van der Waals surface area contributed by atoms with Crippen LogP contribution in [0.4, 0.5) is 8.78 Å². The van der Waals surface area contributed by atoms with Gasteiger partial charge in [0.1, 0.15) is 16.2 Å². The van der Waals surface area contributed by atoms with Crippen LogP contribution < -0.4 is 22.2 Å². The Bertz CT molecular complexity index is 1810. The summed E-state index contributed by atoms with van der Waals surface area (Å²) in [5.74, 6) is -4.57. The van der Waals surface area contributed by atoms with Crippen LogP contribution in [0.25, 0.3) is 33.4 Å². The van der Waals surface area contributed by atoms with Crippen LogP contribution in [0.5, 0.6) is 5.75 Å². The van der Waals surface area contributed by atoms with Crippen molar-refractivity contribution in [3.05, 3.63) is 69.9 Å². The van der Waals surface area contributed by atoms with Gasteiger partial charge in [-0.3, -0.25) is 18.9 Å². The predicted octanol–water partition coefficient (Wildman–Crippen LogP) is 2.90. The van der Waals surface area contributed by atoms with Gasteiger partial charge in [-0.2, -0.15) is 8.42 Å². The molecule has 1 aliphatic heterocycles. The van der Waals surface area contributed by atoms with Crippen molar-refractivity contribution in [1.29, 1.82) is 0 Å². The van der Waals surface area contributed by atoms with Gasteiger partial charge in [0, 0.05) is 46.3 Å². The Balaban J connectivity index is 1.73. The van der Waals surface area contributed by atoms with Crippen LogP contribution in [0.15, 0.2) is 56.6 Å². The van der Waals surface area contributed by atoms with Gasteiger partial charge >= 0.3 is 0 Å². The van der Waals surface area contributed by atoms with E-state index in [1.807, 2.05) is 0 Å². The van der Waals surface area contributed by atoms with Crippen LogP contribution in [0, 0.1) is 11.6 Å². The molecule has 0 saturated heterocycles. The lowest BCUT2D eigenvalue weighted by atomic mass is 9.92. The average Bonchev–Trinajstić information content (AvgIpc) is 2.90. The number of unbranched alkanes of at least 4 members (excludes halogenated alkanes) is 2. The second-order valence-corrected chi connectivity index (χ2v) is 10.7. The standard InChI is InChI=1S/C27H25F2N3O8S/c28-17-9-15-22(11-20(17)33)40-23-12-21(34)18(29)10-16(23)25(15)14-6-5-13(8-24(14)41(37,38)39)27(36)32-7-3-1-2-4-19(30)26(31)35/h5-6,8-12,19,33H,1-4,7,30H2,(H2,31,35)(H,32,36)(H,37,38,39). The quantitative estimate of drug-likeness (QED) is 0.105. The Hall–Kier alpha value is -4.40. The molecular formula is C27H25F2N3O8S. The van der Waals surface area contributed by atoms with Gasteiger partial charge in [-0.1, -0.05) is 18.9 Å². The van der Waals surface area contributed by atoms with Crippen molar-refractivity contribution in [3.63, 3.8) is 0 Å². The molecule has 1 atom stereocenters. The molecule has 2 aromatic carbocycles. The molecule has 2 aromatic rings. The molecule has 0 aromatic heterocycles. The van der Waals surface area contributed by atoms with E-state index >= 15 is 0 Å². The number of halogens is 2. The Morgan fingerprint density at radius 3 is 2.41 bits per heavy atom. The van der Waals surface area contributed by atoms with Crippen molar-refractivity contribution in [3.8, 4) is 28.2 Å². The number of benzene rings is 3. The molecule has 1 aliphatic carbocycles. The number of aromatic hydroxyl groups is 1. The minimum atomic E-state index is -5.02. The fourth-order valence-corrected chi connectivity index (χ4v) is 5.11. The van der Waals surface area contributed by atoms with Crippen LogP contribution in [0.2, 0.25) is 0 Å². The van der Waals surface area contributed by atoms with Gasteiger partial charge in [-0.15, -0.1) is 0 Å². The summed E-state index contributed by atoms with van der Waals surface area (Å²) in [6.07, 6.45) is 2.14. The van der Waals surface area contributed by atoms with E-state index in [0.29, 0.717) is 25.7 Å². The third-order valence-electron chi connectivity index (χ3n) is 6.48. The lowest BCUT2D eigenvalue weighted by Gasteiger charge is -2.18. The molecule has 11 nitrogen and oxygen atoms in total. The minimum absolute atomic E-state index is 0.107. The van der Waals surface area contributed by atoms with Crippen LogP contribution in [-0.4, -0.2) is 42.5 Å². The fraction of sp³-hybridized carbons (Fsp3) is 0.222. The molecule has 1 unspecified atom stereocenters. The third-order valence-corrected chi connectivity index (χ3v) is 7.37. The highest BCUT2D eigenvalue weighted by molar-refractivity contribution is 7.86. The molecule has 2 aliphatic rings. The smallest absolute Gasteiger partial charge is 0.295 e. The van der Waals surface area contributed by atoms with Gasteiger partial charge in [-0.05, 0) is 37.1 Å². The minimum Gasteiger partial charge on any atom is -0.505 e. The van der Waals surface area contributed by atoms with Crippen LogP contribution in [0.3, 0.4) is 0 Å². The highest BCUT2D eigenvalue weighted by Gasteiger charge is 2.27. The summed E-state index contributed by atoms with van der Waals surface area (Å²) in [6.45, 7) is 0.211. The maximum absolute atomic E-state index is 14.4. The van der Waals surface area contributed by atoms with Crippen LogP contribution >= 0.6 is 0 Å². The van der Waals surface area contributed by atoms with E-state index in [0.717, 1.165) is 30.3 Å². The summed E-state index contributed by atoms with van der Waals surface area (Å²) < 4.78 is 69.3. The molecule has 0 bridgehead atoms. The van der Waals surface area contributed by atoms with Crippen molar-refractivity contribution >= 4 is 32.9 Å². The Labute approximate surface area is 231 Å². The number of nitrogens with one attached hydrogen (secondary N) is 1. The summed E-state index contributed by atoms with van der Waals surface area (Å²) in [4.78, 5) is 34.9. The zero-order valence-corrected chi connectivity index (χ0v) is 22.1. The molecule has 0 radical (unpaired) electrons. The zero-order chi connectivity index (χ0) is 30.1. The Morgan fingerprint density at radius 1 is 1.00 bits per heavy atom. The third kappa shape index (κ3) is 6.34. The normalized spacial score (nSPS) is 12.5. The van der Waals surface area contributed by atoms with E-state index in [4.69, 9.17) is 15.9 Å². The molecule has 2 amide bonds. The van der Waals surface area contributed by atoms with E-state index in [1.165, 1.54) is 12.1 Å². The first-order chi connectivity index (χ1) is 19.3. The summed E-state index contributed by atoms with van der Waals surface area (Å²) in [5.41, 5.74) is 8.83. The number of primary amides is 1. The number of amides is 2. The number of rotatable bonds is 10. The number of carbonyl (C=O) groups excluding carboxylic acids is 2. The Morgan fingerprint density at radius 2 is 1.73 bits per heavy atom.